The molecule has 4 heteroatoms. The molecule has 0 aromatic heterocycles. The molecule has 0 radical (unpaired) electrons. The molecule has 0 aromatic carbocycles. The van der Waals surface area contributed by atoms with Crippen molar-refractivity contribution in [2.24, 2.45) is 11.3 Å². The maximum atomic E-state index is 12.3. The number of rotatable bonds is 4. The first kappa shape index (κ1) is 16.3. The first-order chi connectivity index (χ1) is 10.0. The largest absolute Gasteiger partial charge is 0.481 e. The minimum atomic E-state index is -0.794. The molecular formula is C17H29NO3. The van der Waals surface area contributed by atoms with E-state index in [1.54, 1.807) is 6.92 Å². The van der Waals surface area contributed by atoms with Crippen molar-refractivity contribution in [2.75, 3.05) is 0 Å². The molecule has 0 saturated heterocycles. The molecule has 2 rings (SSSR count). The maximum Gasteiger partial charge on any atom is 0.311 e. The highest BCUT2D eigenvalue weighted by Crippen LogP contribution is 2.36. The van der Waals surface area contributed by atoms with Crippen molar-refractivity contribution in [3.8, 4) is 0 Å². The van der Waals surface area contributed by atoms with E-state index in [0.717, 1.165) is 32.1 Å². The van der Waals surface area contributed by atoms with Crippen LogP contribution in [0.15, 0.2) is 0 Å². The lowest BCUT2D eigenvalue weighted by Crippen LogP contribution is -2.52. The molecule has 120 valence electrons. The number of carboxylic acids is 1. The van der Waals surface area contributed by atoms with Gasteiger partial charge in [0.1, 0.15) is 0 Å². The van der Waals surface area contributed by atoms with Crippen LogP contribution in [0.5, 0.6) is 0 Å². The quantitative estimate of drug-likeness (QED) is 0.780. The van der Waals surface area contributed by atoms with Crippen LogP contribution in [0.25, 0.3) is 0 Å². The van der Waals surface area contributed by atoms with E-state index in [1.807, 2.05) is 0 Å². The maximum absolute atomic E-state index is 12.3. The van der Waals surface area contributed by atoms with Crippen molar-refractivity contribution in [1.82, 2.24) is 5.32 Å². The zero-order valence-corrected chi connectivity index (χ0v) is 13.2. The molecule has 2 saturated carbocycles. The number of carbonyl (C=O) groups is 2. The van der Waals surface area contributed by atoms with Crippen LogP contribution in [0.4, 0.5) is 0 Å². The summed E-state index contributed by atoms with van der Waals surface area (Å²) in [7, 11) is 0. The van der Waals surface area contributed by atoms with Crippen LogP contribution in [0.1, 0.15) is 77.6 Å². The van der Waals surface area contributed by atoms with Crippen molar-refractivity contribution in [3.63, 3.8) is 0 Å². The van der Waals surface area contributed by atoms with Crippen molar-refractivity contribution >= 4 is 11.9 Å². The van der Waals surface area contributed by atoms with E-state index >= 15 is 0 Å². The third-order valence-corrected chi connectivity index (χ3v) is 5.48. The molecule has 0 bridgehead atoms. The normalized spacial score (nSPS) is 31.4. The Kier molecular flexibility index (Phi) is 5.65. The van der Waals surface area contributed by atoms with Crippen LogP contribution in [0.2, 0.25) is 0 Å². The lowest BCUT2D eigenvalue weighted by atomic mass is 9.71. The topological polar surface area (TPSA) is 66.4 Å². The van der Waals surface area contributed by atoms with Gasteiger partial charge >= 0.3 is 5.97 Å². The summed E-state index contributed by atoms with van der Waals surface area (Å²) < 4.78 is 0. The number of aliphatic carboxylic acids is 1. The fourth-order valence-electron chi connectivity index (χ4n) is 3.90. The van der Waals surface area contributed by atoms with E-state index in [-0.39, 0.29) is 11.9 Å². The van der Waals surface area contributed by atoms with E-state index in [4.69, 9.17) is 0 Å². The van der Waals surface area contributed by atoms with Crippen LogP contribution in [0.3, 0.4) is 0 Å². The van der Waals surface area contributed by atoms with E-state index in [0.29, 0.717) is 18.8 Å². The Bertz CT molecular complexity index is 374. The first-order valence-corrected chi connectivity index (χ1v) is 8.55. The summed E-state index contributed by atoms with van der Waals surface area (Å²) in [5.74, 6) is -0.226. The van der Waals surface area contributed by atoms with Crippen LogP contribution in [-0.2, 0) is 9.59 Å². The fraction of sp³-hybridized carbons (Fsp3) is 0.882. The Morgan fingerprint density at radius 2 is 1.67 bits per heavy atom. The lowest BCUT2D eigenvalue weighted by molar-refractivity contribution is -0.152. The summed E-state index contributed by atoms with van der Waals surface area (Å²) in [5.41, 5.74) is -0.794. The first-order valence-electron chi connectivity index (χ1n) is 8.55. The molecule has 1 amide bonds. The van der Waals surface area contributed by atoms with Gasteiger partial charge in [-0.15, -0.1) is 0 Å². The predicted molar refractivity (Wildman–Crippen MR) is 82.0 cm³/mol. The van der Waals surface area contributed by atoms with Gasteiger partial charge in [0.15, 0.2) is 0 Å². The molecule has 0 heterocycles. The van der Waals surface area contributed by atoms with E-state index in [1.165, 1.54) is 25.7 Å². The zero-order valence-electron chi connectivity index (χ0n) is 13.2. The molecule has 2 N–H and O–H groups in total. The molecule has 2 atom stereocenters. The summed E-state index contributed by atoms with van der Waals surface area (Å²) in [6.07, 6.45) is 11.3. The number of amides is 1. The van der Waals surface area contributed by atoms with Gasteiger partial charge in [-0.25, -0.2) is 0 Å². The summed E-state index contributed by atoms with van der Waals surface area (Å²) in [4.78, 5) is 23.9. The van der Waals surface area contributed by atoms with Gasteiger partial charge in [0, 0.05) is 12.5 Å². The second-order valence-electron chi connectivity index (χ2n) is 7.15. The molecule has 2 unspecified atom stereocenters. The van der Waals surface area contributed by atoms with Crippen molar-refractivity contribution in [2.45, 2.75) is 83.6 Å². The third-order valence-electron chi connectivity index (χ3n) is 5.48. The van der Waals surface area contributed by atoms with Crippen LogP contribution in [-0.4, -0.2) is 23.0 Å². The average molecular weight is 295 g/mol. The number of carboxylic acid groups (broad SMARTS) is 1. The van der Waals surface area contributed by atoms with Gasteiger partial charge in [0.05, 0.1) is 5.41 Å². The van der Waals surface area contributed by atoms with Gasteiger partial charge in [-0.2, -0.15) is 0 Å². The van der Waals surface area contributed by atoms with E-state index in [9.17, 15) is 14.7 Å². The van der Waals surface area contributed by atoms with E-state index < -0.39 is 11.4 Å². The van der Waals surface area contributed by atoms with E-state index in [2.05, 4.69) is 5.32 Å². The Hall–Kier alpha value is -1.06. The smallest absolute Gasteiger partial charge is 0.311 e. The van der Waals surface area contributed by atoms with Gasteiger partial charge in [-0.1, -0.05) is 38.5 Å². The molecule has 2 aliphatic rings. The second-order valence-corrected chi connectivity index (χ2v) is 7.15. The number of hydrogen-bond donors (Lipinski definition) is 2. The molecule has 0 aliphatic heterocycles. The monoisotopic (exact) mass is 295 g/mol. The summed E-state index contributed by atoms with van der Waals surface area (Å²) >= 11 is 0. The summed E-state index contributed by atoms with van der Waals surface area (Å²) in [6.45, 7) is 1.78. The van der Waals surface area contributed by atoms with Gasteiger partial charge < -0.3 is 10.4 Å². The second kappa shape index (κ2) is 7.28. The van der Waals surface area contributed by atoms with Crippen molar-refractivity contribution in [3.05, 3.63) is 0 Å². The Morgan fingerprint density at radius 1 is 1.05 bits per heavy atom. The minimum Gasteiger partial charge on any atom is -0.481 e. The predicted octanol–water partition coefficient (Wildman–Crippen LogP) is 3.50. The molecular weight excluding hydrogens is 266 g/mol. The minimum absolute atomic E-state index is 0.0567. The Labute approximate surface area is 127 Å². The highest BCUT2D eigenvalue weighted by Gasteiger charge is 2.43. The number of nitrogens with one attached hydrogen (secondary N) is 1. The van der Waals surface area contributed by atoms with Crippen molar-refractivity contribution in [1.29, 1.82) is 0 Å². The van der Waals surface area contributed by atoms with Gasteiger partial charge in [-0.05, 0) is 38.5 Å². The highest BCUT2D eigenvalue weighted by atomic mass is 16.4. The SMILES string of the molecule is CC1(C(=O)O)CCCCC1NC(=O)CC1CCCCCC1. The van der Waals surface area contributed by atoms with Gasteiger partial charge in [-0.3, -0.25) is 9.59 Å². The zero-order chi connectivity index (χ0) is 15.3. The molecule has 0 spiro atoms. The van der Waals surface area contributed by atoms with Crippen LogP contribution >= 0.6 is 0 Å². The van der Waals surface area contributed by atoms with Gasteiger partial charge in [0.2, 0.25) is 5.91 Å². The Morgan fingerprint density at radius 3 is 2.29 bits per heavy atom. The van der Waals surface area contributed by atoms with Crippen LogP contribution in [0, 0.1) is 11.3 Å². The Balaban J connectivity index is 1.89. The van der Waals surface area contributed by atoms with Gasteiger partial charge in [0.25, 0.3) is 0 Å². The molecule has 4 nitrogen and oxygen atoms in total. The average Bonchev–Trinajstić information content (AvgIpc) is 2.70. The van der Waals surface area contributed by atoms with Crippen molar-refractivity contribution < 1.29 is 14.7 Å². The third kappa shape index (κ3) is 4.21. The number of hydrogen-bond acceptors (Lipinski definition) is 2. The highest BCUT2D eigenvalue weighted by molar-refractivity contribution is 5.80. The molecule has 2 aliphatic carbocycles. The summed E-state index contributed by atoms with van der Waals surface area (Å²) in [6, 6.07) is -0.206. The molecule has 21 heavy (non-hydrogen) atoms. The standard InChI is InChI=1S/C17H29NO3/c1-17(16(20)21)11-7-6-10-14(17)18-15(19)12-13-8-4-2-3-5-9-13/h13-14H,2-12H2,1H3,(H,18,19)(H,20,21). The summed E-state index contributed by atoms with van der Waals surface area (Å²) in [5, 5.41) is 12.5. The lowest BCUT2D eigenvalue weighted by Gasteiger charge is -2.38. The molecule has 2 fully saturated rings. The number of carbonyl (C=O) groups excluding carboxylic acids is 1. The molecule has 0 aromatic rings. The van der Waals surface area contributed by atoms with Crippen LogP contribution < -0.4 is 5.32 Å². The fourth-order valence-corrected chi connectivity index (χ4v) is 3.90.